The van der Waals surface area contributed by atoms with Gasteiger partial charge >= 0.3 is 0 Å². The standard InChI is InChI=1S/C12H15F2NO/c1-3-9-15(2)16-10-12(13,14)11-7-5-4-6-8-11/h3-8H,1,9-10H2,2H3. The molecule has 1 rings (SSSR count). The van der Waals surface area contributed by atoms with Crippen LogP contribution in [-0.4, -0.2) is 25.3 Å². The largest absolute Gasteiger partial charge is 0.298 e. The molecule has 0 spiro atoms. The third-order valence-electron chi connectivity index (χ3n) is 2.05. The summed E-state index contributed by atoms with van der Waals surface area (Å²) in [6.45, 7) is 3.24. The molecule has 0 atom stereocenters. The minimum atomic E-state index is -2.98. The van der Waals surface area contributed by atoms with E-state index < -0.39 is 12.5 Å². The topological polar surface area (TPSA) is 12.5 Å². The first-order valence-corrected chi connectivity index (χ1v) is 4.94. The summed E-state index contributed by atoms with van der Waals surface area (Å²) in [6.07, 6.45) is 1.58. The van der Waals surface area contributed by atoms with E-state index in [1.54, 1.807) is 31.3 Å². The smallest absolute Gasteiger partial charge is 0.292 e. The van der Waals surface area contributed by atoms with Gasteiger partial charge in [-0.1, -0.05) is 36.4 Å². The van der Waals surface area contributed by atoms with Crippen LogP contribution in [0.15, 0.2) is 43.0 Å². The molecule has 0 N–H and O–H groups in total. The number of benzene rings is 1. The number of hydroxylamine groups is 2. The zero-order chi connectivity index (χ0) is 12.0. The van der Waals surface area contributed by atoms with Gasteiger partial charge < -0.3 is 0 Å². The number of hydrogen-bond donors (Lipinski definition) is 0. The monoisotopic (exact) mass is 227 g/mol. The van der Waals surface area contributed by atoms with Crippen molar-refractivity contribution in [3.63, 3.8) is 0 Å². The van der Waals surface area contributed by atoms with Crippen molar-refractivity contribution < 1.29 is 13.6 Å². The predicted octanol–water partition coefficient (Wildman–Crippen LogP) is 2.83. The Labute approximate surface area is 94.1 Å². The first-order chi connectivity index (χ1) is 7.56. The summed E-state index contributed by atoms with van der Waals surface area (Å²) in [6, 6.07) is 7.63. The summed E-state index contributed by atoms with van der Waals surface area (Å²) in [5, 5.41) is 1.32. The number of hydrogen-bond acceptors (Lipinski definition) is 2. The van der Waals surface area contributed by atoms with Crippen molar-refractivity contribution in [2.24, 2.45) is 0 Å². The molecule has 88 valence electrons. The van der Waals surface area contributed by atoms with Gasteiger partial charge in [-0.2, -0.15) is 13.8 Å². The Kier molecular flexibility index (Phi) is 4.58. The van der Waals surface area contributed by atoms with Crippen LogP contribution in [0, 0.1) is 0 Å². The number of halogens is 2. The first-order valence-electron chi connectivity index (χ1n) is 4.94. The molecule has 0 radical (unpaired) electrons. The van der Waals surface area contributed by atoms with Gasteiger partial charge in [-0.25, -0.2) is 0 Å². The third kappa shape index (κ3) is 3.72. The third-order valence-corrected chi connectivity index (χ3v) is 2.05. The van der Waals surface area contributed by atoms with Crippen LogP contribution >= 0.6 is 0 Å². The maximum absolute atomic E-state index is 13.6. The Hall–Kier alpha value is -1.26. The fraction of sp³-hybridized carbons (Fsp3) is 0.333. The van der Waals surface area contributed by atoms with Gasteiger partial charge in [-0.3, -0.25) is 4.84 Å². The zero-order valence-electron chi connectivity index (χ0n) is 9.20. The molecular formula is C12H15F2NO. The van der Waals surface area contributed by atoms with Gasteiger partial charge in [0.25, 0.3) is 5.92 Å². The van der Waals surface area contributed by atoms with Gasteiger partial charge in [0.2, 0.25) is 0 Å². The summed E-state index contributed by atoms with van der Waals surface area (Å²) in [7, 11) is 1.59. The summed E-state index contributed by atoms with van der Waals surface area (Å²) in [4.78, 5) is 4.91. The van der Waals surface area contributed by atoms with Crippen molar-refractivity contribution in [2.45, 2.75) is 5.92 Å². The summed E-state index contributed by atoms with van der Waals surface area (Å²) in [5.74, 6) is -2.98. The molecule has 0 aliphatic heterocycles. The molecule has 0 bridgehead atoms. The Morgan fingerprint density at radius 2 is 2.00 bits per heavy atom. The second-order valence-corrected chi connectivity index (χ2v) is 3.44. The van der Waals surface area contributed by atoms with Gasteiger partial charge in [0, 0.05) is 19.2 Å². The Bertz CT molecular complexity index is 327. The average molecular weight is 227 g/mol. The fourth-order valence-electron chi connectivity index (χ4n) is 1.19. The van der Waals surface area contributed by atoms with Crippen LogP contribution in [-0.2, 0) is 10.8 Å². The molecule has 0 aliphatic rings. The van der Waals surface area contributed by atoms with Gasteiger partial charge in [-0.15, -0.1) is 6.58 Å². The average Bonchev–Trinajstić information content (AvgIpc) is 2.28. The van der Waals surface area contributed by atoms with E-state index in [2.05, 4.69) is 6.58 Å². The second kappa shape index (κ2) is 5.72. The first kappa shape index (κ1) is 12.8. The minimum Gasteiger partial charge on any atom is -0.292 e. The lowest BCUT2D eigenvalue weighted by Gasteiger charge is -2.20. The Balaban J connectivity index is 2.55. The number of rotatable bonds is 6. The predicted molar refractivity (Wildman–Crippen MR) is 59.1 cm³/mol. The van der Waals surface area contributed by atoms with E-state index >= 15 is 0 Å². The Morgan fingerprint density at radius 3 is 2.56 bits per heavy atom. The lowest BCUT2D eigenvalue weighted by molar-refractivity contribution is -0.198. The van der Waals surface area contributed by atoms with Crippen LogP contribution in [0.2, 0.25) is 0 Å². The molecule has 0 saturated heterocycles. The van der Waals surface area contributed by atoms with Gasteiger partial charge in [-0.05, 0) is 0 Å². The van der Waals surface area contributed by atoms with Crippen molar-refractivity contribution in [1.29, 1.82) is 0 Å². The minimum absolute atomic E-state index is 0.0398. The van der Waals surface area contributed by atoms with Crippen molar-refractivity contribution in [2.75, 3.05) is 20.2 Å². The molecule has 1 aromatic carbocycles. The van der Waals surface area contributed by atoms with E-state index in [0.29, 0.717) is 6.54 Å². The quantitative estimate of drug-likeness (QED) is 0.547. The molecule has 16 heavy (non-hydrogen) atoms. The molecule has 0 saturated carbocycles. The molecule has 2 nitrogen and oxygen atoms in total. The van der Waals surface area contributed by atoms with Gasteiger partial charge in [0.05, 0.1) is 0 Å². The lowest BCUT2D eigenvalue weighted by Crippen LogP contribution is -2.28. The molecule has 0 unspecified atom stereocenters. The molecular weight excluding hydrogens is 212 g/mol. The van der Waals surface area contributed by atoms with Crippen molar-refractivity contribution in [1.82, 2.24) is 5.06 Å². The zero-order valence-corrected chi connectivity index (χ0v) is 9.20. The van der Waals surface area contributed by atoms with Crippen molar-refractivity contribution in [3.8, 4) is 0 Å². The van der Waals surface area contributed by atoms with E-state index in [1.807, 2.05) is 0 Å². The van der Waals surface area contributed by atoms with Crippen LogP contribution in [0.5, 0.6) is 0 Å². The molecule has 0 aromatic heterocycles. The van der Waals surface area contributed by atoms with Crippen LogP contribution in [0.25, 0.3) is 0 Å². The Morgan fingerprint density at radius 1 is 1.38 bits per heavy atom. The van der Waals surface area contributed by atoms with Gasteiger partial charge in [0.15, 0.2) is 0 Å². The van der Waals surface area contributed by atoms with Crippen molar-refractivity contribution >= 4 is 0 Å². The highest BCUT2D eigenvalue weighted by Crippen LogP contribution is 2.27. The second-order valence-electron chi connectivity index (χ2n) is 3.44. The van der Waals surface area contributed by atoms with E-state index in [1.165, 1.54) is 17.2 Å². The molecule has 0 aliphatic carbocycles. The molecule has 0 fully saturated rings. The van der Waals surface area contributed by atoms with E-state index in [9.17, 15) is 8.78 Å². The molecule has 0 amide bonds. The number of alkyl halides is 2. The number of nitrogens with zero attached hydrogens (tertiary/aromatic N) is 1. The van der Waals surface area contributed by atoms with E-state index in [4.69, 9.17) is 4.84 Å². The molecule has 4 heteroatoms. The summed E-state index contributed by atoms with van der Waals surface area (Å²) >= 11 is 0. The van der Waals surface area contributed by atoms with E-state index in [-0.39, 0.29) is 5.56 Å². The fourth-order valence-corrected chi connectivity index (χ4v) is 1.19. The van der Waals surface area contributed by atoms with Crippen molar-refractivity contribution in [3.05, 3.63) is 48.6 Å². The maximum atomic E-state index is 13.6. The summed E-state index contributed by atoms with van der Waals surface area (Å²) in [5.41, 5.74) is -0.0398. The molecule has 0 heterocycles. The highest BCUT2D eigenvalue weighted by molar-refractivity contribution is 5.19. The number of likely N-dealkylation sites (N-methyl/N-ethyl adjacent to an activating group) is 1. The summed E-state index contributed by atoms with van der Waals surface area (Å²) < 4.78 is 27.2. The maximum Gasteiger partial charge on any atom is 0.298 e. The van der Waals surface area contributed by atoms with Gasteiger partial charge in [0.1, 0.15) is 6.61 Å². The highest BCUT2D eigenvalue weighted by atomic mass is 19.3. The molecule has 1 aromatic rings. The normalized spacial score (nSPS) is 11.8. The lowest BCUT2D eigenvalue weighted by atomic mass is 10.1. The van der Waals surface area contributed by atoms with Crippen LogP contribution < -0.4 is 0 Å². The SMILES string of the molecule is C=CCN(C)OCC(F)(F)c1ccccc1. The van der Waals surface area contributed by atoms with E-state index in [0.717, 1.165) is 0 Å². The van der Waals surface area contributed by atoms with Crippen LogP contribution in [0.1, 0.15) is 5.56 Å². The highest BCUT2D eigenvalue weighted by Gasteiger charge is 2.32. The van der Waals surface area contributed by atoms with Crippen LogP contribution in [0.4, 0.5) is 8.78 Å². The van der Waals surface area contributed by atoms with Crippen LogP contribution in [0.3, 0.4) is 0 Å².